The van der Waals surface area contributed by atoms with Crippen molar-refractivity contribution in [2.75, 3.05) is 19.6 Å². The number of amides is 3. The van der Waals surface area contributed by atoms with E-state index in [1.54, 1.807) is 24.3 Å². The van der Waals surface area contributed by atoms with Crippen molar-refractivity contribution in [1.82, 2.24) is 16.0 Å². The monoisotopic (exact) mass is 569 g/mol. The lowest BCUT2D eigenvalue weighted by atomic mass is 9.95. The van der Waals surface area contributed by atoms with E-state index in [9.17, 15) is 24.6 Å². The SMILES string of the molecule is NCCCC[C@H](N)CNC(=O)[C@@H]1Cc2cc(ccc2O)-c2ccc(O)c(c2)C[C@@H](N)C(=O)N[C@@H](CCCN)C(=O)N1. The second kappa shape index (κ2) is 15.3. The van der Waals surface area contributed by atoms with Crippen molar-refractivity contribution >= 4 is 17.7 Å². The van der Waals surface area contributed by atoms with Crippen molar-refractivity contribution in [1.29, 1.82) is 0 Å². The molecule has 2 aromatic carbocycles. The first-order chi connectivity index (χ1) is 19.6. The molecule has 0 fully saturated rings. The van der Waals surface area contributed by atoms with Gasteiger partial charge in [0.15, 0.2) is 0 Å². The second-order valence-corrected chi connectivity index (χ2v) is 10.5. The van der Waals surface area contributed by atoms with Crippen molar-refractivity contribution in [2.45, 2.75) is 69.1 Å². The number of hydrogen-bond acceptors (Lipinski definition) is 9. The van der Waals surface area contributed by atoms with Gasteiger partial charge in [-0.2, -0.15) is 0 Å². The Labute approximate surface area is 240 Å². The first kappa shape index (κ1) is 31.8. The molecule has 0 radical (unpaired) electrons. The molecule has 0 unspecified atom stereocenters. The van der Waals surface area contributed by atoms with Gasteiger partial charge in [0.25, 0.3) is 0 Å². The number of fused-ring (bicyclic) bond motifs is 5. The van der Waals surface area contributed by atoms with Crippen molar-refractivity contribution in [3.05, 3.63) is 47.5 Å². The number of rotatable bonds is 10. The minimum absolute atomic E-state index is 0.0179. The Morgan fingerprint density at radius 2 is 1.51 bits per heavy atom. The maximum Gasteiger partial charge on any atom is 0.243 e. The number of carbonyl (C=O) groups excluding carboxylic acids is 3. The van der Waals surface area contributed by atoms with Crippen LogP contribution < -0.4 is 38.9 Å². The molecule has 0 saturated heterocycles. The summed E-state index contributed by atoms with van der Waals surface area (Å²) in [7, 11) is 0. The van der Waals surface area contributed by atoms with Gasteiger partial charge < -0.3 is 49.1 Å². The summed E-state index contributed by atoms with van der Waals surface area (Å²) < 4.78 is 0. The van der Waals surface area contributed by atoms with Crippen molar-refractivity contribution in [2.24, 2.45) is 22.9 Å². The molecule has 13 N–H and O–H groups in total. The largest absolute Gasteiger partial charge is 0.508 e. The number of nitrogens with one attached hydrogen (secondary N) is 3. The highest BCUT2D eigenvalue weighted by Gasteiger charge is 2.29. The van der Waals surface area contributed by atoms with Gasteiger partial charge in [0.1, 0.15) is 23.6 Å². The Balaban J connectivity index is 1.97. The van der Waals surface area contributed by atoms with E-state index in [1.807, 2.05) is 0 Å². The molecule has 1 heterocycles. The van der Waals surface area contributed by atoms with Gasteiger partial charge in [-0.25, -0.2) is 0 Å². The van der Waals surface area contributed by atoms with Crippen LogP contribution in [0.3, 0.4) is 0 Å². The predicted molar refractivity (Wildman–Crippen MR) is 157 cm³/mol. The number of phenols is 2. The van der Waals surface area contributed by atoms with Crippen molar-refractivity contribution in [3.63, 3.8) is 0 Å². The summed E-state index contributed by atoms with van der Waals surface area (Å²) in [6.07, 6.45) is 3.01. The van der Waals surface area contributed by atoms with Crippen molar-refractivity contribution < 1.29 is 24.6 Å². The number of hydrogen-bond donors (Lipinski definition) is 9. The number of phenolic OH excluding ortho intramolecular Hbond substituents is 2. The second-order valence-electron chi connectivity index (χ2n) is 10.5. The molecular formula is C29H43N7O5. The lowest BCUT2D eigenvalue weighted by Crippen LogP contribution is -2.57. The Kier molecular flexibility index (Phi) is 11.9. The zero-order chi connectivity index (χ0) is 29.9. The van der Waals surface area contributed by atoms with Gasteiger partial charge in [0.05, 0.1) is 6.04 Å². The third-order valence-corrected chi connectivity index (χ3v) is 7.22. The lowest BCUT2D eigenvalue weighted by molar-refractivity contribution is -0.132. The normalized spacial score (nSPS) is 20.2. The van der Waals surface area contributed by atoms with Gasteiger partial charge in [0.2, 0.25) is 17.7 Å². The highest BCUT2D eigenvalue weighted by molar-refractivity contribution is 5.93. The van der Waals surface area contributed by atoms with Crippen LogP contribution in [0.5, 0.6) is 11.5 Å². The summed E-state index contributed by atoms with van der Waals surface area (Å²) in [4.78, 5) is 39.8. The molecule has 0 aliphatic carbocycles. The maximum atomic E-state index is 13.4. The van der Waals surface area contributed by atoms with E-state index in [4.69, 9.17) is 22.9 Å². The van der Waals surface area contributed by atoms with Crippen LogP contribution in [-0.2, 0) is 27.2 Å². The minimum Gasteiger partial charge on any atom is -0.508 e. The van der Waals surface area contributed by atoms with Crippen molar-refractivity contribution in [3.8, 4) is 22.6 Å². The molecule has 12 heteroatoms. The van der Waals surface area contributed by atoms with Gasteiger partial charge in [-0.1, -0.05) is 18.6 Å². The predicted octanol–water partition coefficient (Wildman–Crippen LogP) is -0.528. The van der Waals surface area contributed by atoms with Crippen LogP contribution >= 0.6 is 0 Å². The molecule has 41 heavy (non-hydrogen) atoms. The molecule has 0 aromatic heterocycles. The summed E-state index contributed by atoms with van der Waals surface area (Å²) in [6, 6.07) is 6.47. The van der Waals surface area contributed by atoms with E-state index in [-0.39, 0.29) is 43.3 Å². The van der Waals surface area contributed by atoms with Crippen LogP contribution in [0.15, 0.2) is 36.4 Å². The van der Waals surface area contributed by atoms with E-state index < -0.39 is 35.8 Å². The standard InChI is InChI=1S/C29H43N7O5/c30-10-2-1-4-21(32)16-34-28(40)24-15-20-13-18(7-9-26(20)38)17-6-8-25(37)19(12-17)14-22(33)27(39)35-23(5-3-11-31)29(41)36-24/h6-9,12-13,21-24,37-38H,1-5,10-11,14-16,30-33H2,(H,34,40)(H,35,39)(H,36,41)/t21-,22+,23-,24-/m0/s1. The van der Waals surface area contributed by atoms with Crippen LogP contribution in [-0.4, -0.2) is 71.7 Å². The zero-order valence-electron chi connectivity index (χ0n) is 23.3. The molecular weight excluding hydrogens is 526 g/mol. The number of aromatic hydroxyl groups is 2. The number of nitrogens with two attached hydrogens (primary N) is 4. The lowest BCUT2D eigenvalue weighted by Gasteiger charge is -2.25. The fourth-order valence-corrected chi connectivity index (χ4v) is 4.77. The van der Waals surface area contributed by atoms with Gasteiger partial charge >= 0.3 is 0 Å². The van der Waals surface area contributed by atoms with E-state index in [2.05, 4.69) is 16.0 Å². The molecule has 0 saturated carbocycles. The molecule has 12 nitrogen and oxygen atoms in total. The van der Waals surface area contributed by atoms with Crippen LogP contribution in [0, 0.1) is 0 Å². The summed E-state index contributed by atoms with van der Waals surface area (Å²) in [6.45, 7) is 1.05. The van der Waals surface area contributed by atoms with E-state index in [1.165, 1.54) is 12.1 Å². The van der Waals surface area contributed by atoms with Crippen LogP contribution in [0.25, 0.3) is 11.1 Å². The third kappa shape index (κ3) is 9.15. The molecule has 1 aliphatic rings. The summed E-state index contributed by atoms with van der Waals surface area (Å²) >= 11 is 0. The zero-order valence-corrected chi connectivity index (χ0v) is 23.3. The highest BCUT2D eigenvalue weighted by atomic mass is 16.3. The maximum absolute atomic E-state index is 13.4. The fourth-order valence-electron chi connectivity index (χ4n) is 4.77. The highest BCUT2D eigenvalue weighted by Crippen LogP contribution is 2.30. The van der Waals surface area contributed by atoms with E-state index in [0.29, 0.717) is 42.6 Å². The smallest absolute Gasteiger partial charge is 0.243 e. The first-order valence-electron chi connectivity index (χ1n) is 14.1. The molecule has 4 bridgehead atoms. The molecule has 1 aliphatic heterocycles. The van der Waals surface area contributed by atoms with Crippen LogP contribution in [0.2, 0.25) is 0 Å². The Hall–Kier alpha value is -3.71. The Morgan fingerprint density at radius 1 is 0.902 bits per heavy atom. The van der Waals surface area contributed by atoms with Gasteiger partial charge in [-0.05, 0) is 85.3 Å². The first-order valence-corrected chi connectivity index (χ1v) is 14.1. The average Bonchev–Trinajstić information content (AvgIpc) is 2.95. The quantitative estimate of drug-likeness (QED) is 0.167. The van der Waals surface area contributed by atoms with Gasteiger partial charge in [0, 0.05) is 25.4 Å². The summed E-state index contributed by atoms with van der Waals surface area (Å²) in [5, 5.41) is 29.4. The third-order valence-electron chi connectivity index (χ3n) is 7.22. The summed E-state index contributed by atoms with van der Waals surface area (Å²) in [5.41, 5.74) is 25.9. The minimum atomic E-state index is -1.08. The number of benzene rings is 2. The topological polar surface area (TPSA) is 232 Å². The average molecular weight is 570 g/mol. The molecule has 2 aromatic rings. The molecule has 3 amide bonds. The number of unbranched alkanes of at least 4 members (excludes halogenated alkanes) is 1. The summed E-state index contributed by atoms with van der Waals surface area (Å²) in [5.74, 6) is -1.70. The fraction of sp³-hybridized carbons (Fsp3) is 0.483. The molecule has 3 rings (SSSR count). The Morgan fingerprint density at radius 3 is 2.12 bits per heavy atom. The van der Waals surface area contributed by atoms with E-state index in [0.717, 1.165) is 18.4 Å². The molecule has 4 atom stereocenters. The van der Waals surface area contributed by atoms with Crippen LogP contribution in [0.4, 0.5) is 0 Å². The van der Waals surface area contributed by atoms with Gasteiger partial charge in [-0.3, -0.25) is 14.4 Å². The number of carbonyl (C=O) groups is 3. The van der Waals surface area contributed by atoms with Crippen LogP contribution in [0.1, 0.15) is 43.2 Å². The Bertz CT molecular complexity index is 1210. The van der Waals surface area contributed by atoms with Gasteiger partial charge in [-0.15, -0.1) is 0 Å². The van der Waals surface area contributed by atoms with E-state index >= 15 is 0 Å². The molecule has 224 valence electrons. The molecule has 0 spiro atoms.